The van der Waals surface area contributed by atoms with Crippen molar-refractivity contribution in [3.8, 4) is 0 Å². The van der Waals surface area contributed by atoms with E-state index < -0.39 is 10.0 Å². The van der Waals surface area contributed by atoms with Gasteiger partial charge in [0.15, 0.2) is 0 Å². The van der Waals surface area contributed by atoms with Crippen LogP contribution in [0, 0.1) is 0 Å². The van der Waals surface area contributed by atoms with Gasteiger partial charge in [-0.05, 0) is 43.8 Å². The second kappa shape index (κ2) is 10.4. The summed E-state index contributed by atoms with van der Waals surface area (Å²) in [6.07, 6.45) is 0.567. The van der Waals surface area contributed by atoms with E-state index in [1.54, 1.807) is 12.1 Å². The molecule has 1 aliphatic rings. The Bertz CT molecular complexity index is 987. The highest BCUT2D eigenvalue weighted by Gasteiger charge is 2.29. The molecular weight excluding hydrogens is 414 g/mol. The van der Waals surface area contributed by atoms with Crippen molar-refractivity contribution in [2.45, 2.75) is 24.3 Å². The predicted molar refractivity (Wildman–Crippen MR) is 121 cm³/mol. The number of hydrogen-bond donors (Lipinski definition) is 1. The third kappa shape index (κ3) is 5.51. The van der Waals surface area contributed by atoms with Crippen LogP contribution in [0.5, 0.6) is 0 Å². The average molecular weight is 446 g/mol. The van der Waals surface area contributed by atoms with E-state index >= 15 is 0 Å². The second-order valence-electron chi connectivity index (χ2n) is 7.79. The molecule has 168 valence electrons. The summed E-state index contributed by atoms with van der Waals surface area (Å²) in [4.78, 5) is 15.2. The van der Waals surface area contributed by atoms with E-state index in [0.717, 1.165) is 5.56 Å². The van der Waals surface area contributed by atoms with Gasteiger partial charge in [-0.15, -0.1) is 0 Å². The maximum Gasteiger partial charge on any atom is 0.251 e. The summed E-state index contributed by atoms with van der Waals surface area (Å²) < 4.78 is 33.1. The first-order valence-electron chi connectivity index (χ1n) is 10.5. The summed E-state index contributed by atoms with van der Waals surface area (Å²) in [6.45, 7) is 3.73. The minimum atomic E-state index is -3.68. The van der Waals surface area contributed by atoms with Gasteiger partial charge >= 0.3 is 0 Å². The zero-order valence-corrected chi connectivity index (χ0v) is 19.2. The molecule has 2 aromatic rings. The standard InChI is InChI=1S/C23H31N3O4S/c1-4-18-10-11-20(16-22(18)31(28,29)26-12-14-30-15-13-26)23(27)24-17-21(25(2)3)19-8-6-5-7-9-19/h5-11,16,21H,4,12-15,17H2,1-3H3,(H,24,27). The molecule has 0 saturated carbocycles. The van der Waals surface area contributed by atoms with Crippen molar-refractivity contribution < 1.29 is 17.9 Å². The molecule has 1 unspecified atom stereocenters. The minimum Gasteiger partial charge on any atom is -0.379 e. The molecule has 1 aliphatic heterocycles. The van der Waals surface area contributed by atoms with Crippen molar-refractivity contribution in [3.63, 3.8) is 0 Å². The van der Waals surface area contributed by atoms with Crippen LogP contribution in [-0.4, -0.2) is 70.5 Å². The maximum absolute atomic E-state index is 13.2. The SMILES string of the molecule is CCc1ccc(C(=O)NCC(c2ccccc2)N(C)C)cc1S(=O)(=O)N1CCOCC1. The zero-order valence-electron chi connectivity index (χ0n) is 18.4. The van der Waals surface area contributed by atoms with E-state index in [1.165, 1.54) is 10.4 Å². The van der Waals surface area contributed by atoms with Crippen molar-refractivity contribution in [2.24, 2.45) is 0 Å². The van der Waals surface area contributed by atoms with Crippen LogP contribution in [0.1, 0.15) is 34.5 Å². The van der Waals surface area contributed by atoms with Crippen LogP contribution in [0.3, 0.4) is 0 Å². The van der Waals surface area contributed by atoms with Crippen LogP contribution < -0.4 is 5.32 Å². The Balaban J connectivity index is 1.81. The number of sulfonamides is 1. The molecule has 0 spiro atoms. The first-order chi connectivity index (χ1) is 14.8. The fourth-order valence-electron chi connectivity index (χ4n) is 3.72. The fourth-order valence-corrected chi connectivity index (χ4v) is 5.45. The van der Waals surface area contributed by atoms with Gasteiger partial charge in [-0.2, -0.15) is 4.31 Å². The van der Waals surface area contributed by atoms with Gasteiger partial charge in [-0.3, -0.25) is 4.79 Å². The molecule has 7 nitrogen and oxygen atoms in total. The number of nitrogens with zero attached hydrogens (tertiary/aromatic N) is 2. The summed E-state index contributed by atoms with van der Waals surface area (Å²) >= 11 is 0. The number of ether oxygens (including phenoxy) is 1. The van der Waals surface area contributed by atoms with E-state index in [1.807, 2.05) is 56.3 Å². The molecule has 2 aromatic carbocycles. The fraction of sp³-hybridized carbons (Fsp3) is 0.435. The van der Waals surface area contributed by atoms with Crippen LogP contribution in [0.4, 0.5) is 0 Å². The first-order valence-corrected chi connectivity index (χ1v) is 12.0. The molecule has 1 N–H and O–H groups in total. The third-order valence-corrected chi connectivity index (χ3v) is 7.54. The second-order valence-corrected chi connectivity index (χ2v) is 9.70. The molecule has 1 heterocycles. The highest BCUT2D eigenvalue weighted by Crippen LogP contribution is 2.24. The van der Waals surface area contributed by atoms with Crippen molar-refractivity contribution >= 4 is 15.9 Å². The third-order valence-electron chi connectivity index (χ3n) is 5.56. The Morgan fingerprint density at radius 3 is 2.42 bits per heavy atom. The molecule has 0 radical (unpaired) electrons. The molecule has 1 saturated heterocycles. The van der Waals surface area contributed by atoms with E-state index in [-0.39, 0.29) is 16.8 Å². The van der Waals surface area contributed by atoms with E-state index in [4.69, 9.17) is 4.74 Å². The Morgan fingerprint density at radius 2 is 1.81 bits per heavy atom. The van der Waals surface area contributed by atoms with Crippen molar-refractivity contribution in [2.75, 3.05) is 46.9 Å². The monoisotopic (exact) mass is 445 g/mol. The highest BCUT2D eigenvalue weighted by atomic mass is 32.2. The van der Waals surface area contributed by atoms with E-state index in [0.29, 0.717) is 50.4 Å². The molecule has 0 aliphatic carbocycles. The quantitative estimate of drug-likeness (QED) is 0.675. The molecule has 3 rings (SSSR count). The highest BCUT2D eigenvalue weighted by molar-refractivity contribution is 7.89. The lowest BCUT2D eigenvalue weighted by Crippen LogP contribution is -2.41. The summed E-state index contributed by atoms with van der Waals surface area (Å²) in [5.74, 6) is -0.288. The van der Waals surface area contributed by atoms with Crippen molar-refractivity contribution in [1.29, 1.82) is 0 Å². The molecular formula is C23H31N3O4S. The normalized spacial score (nSPS) is 16.3. The van der Waals surface area contributed by atoms with Gasteiger partial charge in [0.05, 0.1) is 24.2 Å². The predicted octanol–water partition coefficient (Wildman–Crippen LogP) is 2.30. The summed E-state index contributed by atoms with van der Waals surface area (Å²) in [5, 5.41) is 2.97. The number of carbonyl (C=O) groups is 1. The number of nitrogens with one attached hydrogen (secondary N) is 1. The molecule has 1 amide bonds. The van der Waals surface area contributed by atoms with Crippen LogP contribution >= 0.6 is 0 Å². The average Bonchev–Trinajstić information content (AvgIpc) is 2.79. The maximum atomic E-state index is 13.2. The van der Waals surface area contributed by atoms with E-state index in [2.05, 4.69) is 5.32 Å². The molecule has 0 bridgehead atoms. The minimum absolute atomic E-state index is 0.0108. The summed E-state index contributed by atoms with van der Waals surface area (Å²) in [7, 11) is 0.247. The number of carbonyl (C=O) groups excluding carboxylic acids is 1. The van der Waals surface area contributed by atoms with Gasteiger partial charge in [0.2, 0.25) is 10.0 Å². The number of likely N-dealkylation sites (N-methyl/N-ethyl adjacent to an activating group) is 1. The van der Waals surface area contributed by atoms with Gasteiger partial charge in [0, 0.05) is 25.2 Å². The molecule has 8 heteroatoms. The Hall–Kier alpha value is -2.26. The Morgan fingerprint density at radius 1 is 1.13 bits per heavy atom. The molecule has 1 atom stereocenters. The largest absolute Gasteiger partial charge is 0.379 e. The van der Waals surface area contributed by atoms with Crippen molar-refractivity contribution in [1.82, 2.24) is 14.5 Å². The molecule has 1 fully saturated rings. The van der Waals surface area contributed by atoms with Gasteiger partial charge in [0.1, 0.15) is 0 Å². The van der Waals surface area contributed by atoms with Crippen molar-refractivity contribution in [3.05, 3.63) is 65.2 Å². The Kier molecular flexibility index (Phi) is 7.83. The van der Waals surface area contributed by atoms with Crippen LogP contribution in [0.15, 0.2) is 53.4 Å². The topological polar surface area (TPSA) is 79.0 Å². The number of benzene rings is 2. The molecule has 31 heavy (non-hydrogen) atoms. The number of morpholine rings is 1. The Labute approximate surface area is 185 Å². The lowest BCUT2D eigenvalue weighted by atomic mass is 10.1. The van der Waals surface area contributed by atoms with Gasteiger partial charge in [0.25, 0.3) is 5.91 Å². The smallest absolute Gasteiger partial charge is 0.251 e. The van der Waals surface area contributed by atoms with Crippen LogP contribution in [0.2, 0.25) is 0 Å². The lowest BCUT2D eigenvalue weighted by molar-refractivity contribution is 0.0730. The zero-order chi connectivity index (χ0) is 22.4. The number of amides is 1. The lowest BCUT2D eigenvalue weighted by Gasteiger charge is -2.27. The number of rotatable bonds is 8. The summed E-state index contributed by atoms with van der Waals surface area (Å²) in [5.41, 5.74) is 2.15. The first kappa shape index (κ1) is 23.4. The van der Waals surface area contributed by atoms with Gasteiger partial charge < -0.3 is 15.0 Å². The van der Waals surface area contributed by atoms with E-state index in [9.17, 15) is 13.2 Å². The number of hydrogen-bond acceptors (Lipinski definition) is 5. The van der Waals surface area contributed by atoms with Crippen LogP contribution in [0.25, 0.3) is 0 Å². The summed E-state index contributed by atoms with van der Waals surface area (Å²) in [6, 6.07) is 14.9. The van der Waals surface area contributed by atoms with Gasteiger partial charge in [-0.1, -0.05) is 43.3 Å². The van der Waals surface area contributed by atoms with Gasteiger partial charge in [-0.25, -0.2) is 8.42 Å². The number of aryl methyl sites for hydroxylation is 1. The molecule has 0 aromatic heterocycles. The van der Waals surface area contributed by atoms with Crippen LogP contribution in [-0.2, 0) is 21.2 Å².